The summed E-state index contributed by atoms with van der Waals surface area (Å²) in [6.45, 7) is 4.00. The van der Waals surface area contributed by atoms with Crippen LogP contribution >= 0.6 is 0 Å². The molecule has 0 saturated carbocycles. The SMILES string of the molecule is Cc1ccc2c(CC(=O)O)c(-c3cccc(F)c3)[nH]c2c1C. The molecule has 0 radical (unpaired) electrons. The molecule has 1 heterocycles. The number of rotatable bonds is 3. The van der Waals surface area contributed by atoms with E-state index in [4.69, 9.17) is 0 Å². The fourth-order valence-electron chi connectivity index (χ4n) is 2.79. The minimum absolute atomic E-state index is 0.103. The molecule has 3 aromatic rings. The summed E-state index contributed by atoms with van der Waals surface area (Å²) in [5.74, 6) is -1.25. The van der Waals surface area contributed by atoms with E-state index < -0.39 is 5.97 Å². The van der Waals surface area contributed by atoms with E-state index in [0.29, 0.717) is 16.8 Å². The average Bonchev–Trinajstić information content (AvgIpc) is 2.82. The van der Waals surface area contributed by atoms with Gasteiger partial charge >= 0.3 is 5.97 Å². The van der Waals surface area contributed by atoms with Gasteiger partial charge in [0.2, 0.25) is 0 Å². The van der Waals surface area contributed by atoms with E-state index in [2.05, 4.69) is 4.98 Å². The molecule has 0 unspecified atom stereocenters. The van der Waals surface area contributed by atoms with Crippen LogP contribution in [0.2, 0.25) is 0 Å². The third-order valence-electron chi connectivity index (χ3n) is 4.05. The molecule has 0 spiro atoms. The Bertz CT molecular complexity index is 880. The summed E-state index contributed by atoms with van der Waals surface area (Å²) in [7, 11) is 0. The zero-order chi connectivity index (χ0) is 15.9. The first kappa shape index (κ1) is 14.3. The first-order valence-corrected chi connectivity index (χ1v) is 7.06. The van der Waals surface area contributed by atoms with Gasteiger partial charge in [-0.25, -0.2) is 4.39 Å². The fraction of sp³-hybridized carbons (Fsp3) is 0.167. The molecule has 112 valence electrons. The van der Waals surface area contributed by atoms with Crippen LogP contribution in [0.25, 0.3) is 22.2 Å². The number of fused-ring (bicyclic) bond motifs is 1. The highest BCUT2D eigenvalue weighted by Gasteiger charge is 2.17. The van der Waals surface area contributed by atoms with Crippen LogP contribution in [-0.4, -0.2) is 16.1 Å². The van der Waals surface area contributed by atoms with Crippen molar-refractivity contribution in [1.29, 1.82) is 0 Å². The zero-order valence-corrected chi connectivity index (χ0v) is 12.4. The first-order chi connectivity index (χ1) is 10.5. The number of aryl methyl sites for hydroxylation is 2. The van der Waals surface area contributed by atoms with Gasteiger partial charge in [-0.2, -0.15) is 0 Å². The summed E-state index contributed by atoms with van der Waals surface area (Å²) in [5, 5.41) is 10.1. The molecule has 2 N–H and O–H groups in total. The Hall–Kier alpha value is -2.62. The normalized spacial score (nSPS) is 11.0. The molecule has 0 saturated heterocycles. The van der Waals surface area contributed by atoms with Crippen LogP contribution in [0.15, 0.2) is 36.4 Å². The number of hydrogen-bond acceptors (Lipinski definition) is 1. The molecule has 22 heavy (non-hydrogen) atoms. The van der Waals surface area contributed by atoms with Crippen LogP contribution in [0.3, 0.4) is 0 Å². The number of halogens is 1. The average molecular weight is 297 g/mol. The molecule has 0 atom stereocenters. The molecule has 0 amide bonds. The predicted molar refractivity (Wildman–Crippen MR) is 84.5 cm³/mol. The number of aromatic amines is 1. The van der Waals surface area contributed by atoms with E-state index in [9.17, 15) is 14.3 Å². The Labute approximate surface area is 127 Å². The van der Waals surface area contributed by atoms with Crippen molar-refractivity contribution >= 4 is 16.9 Å². The molecule has 2 aromatic carbocycles. The second-order valence-electron chi connectivity index (χ2n) is 5.49. The number of benzene rings is 2. The molecule has 0 aliphatic heterocycles. The summed E-state index contributed by atoms with van der Waals surface area (Å²) in [5.41, 5.74) is 5.13. The fourth-order valence-corrected chi connectivity index (χ4v) is 2.79. The van der Waals surface area contributed by atoms with Crippen molar-refractivity contribution in [1.82, 2.24) is 4.98 Å². The van der Waals surface area contributed by atoms with E-state index in [-0.39, 0.29) is 12.2 Å². The van der Waals surface area contributed by atoms with Gasteiger partial charge in [0, 0.05) is 16.5 Å². The second kappa shape index (κ2) is 5.30. The van der Waals surface area contributed by atoms with Gasteiger partial charge in [0.05, 0.1) is 12.1 Å². The highest BCUT2D eigenvalue weighted by atomic mass is 19.1. The van der Waals surface area contributed by atoms with E-state index >= 15 is 0 Å². The number of H-pyrrole nitrogens is 1. The lowest BCUT2D eigenvalue weighted by atomic mass is 10.00. The Morgan fingerprint density at radius 2 is 2.00 bits per heavy atom. The number of hydrogen-bond donors (Lipinski definition) is 2. The lowest BCUT2D eigenvalue weighted by Gasteiger charge is -2.03. The molecule has 0 fully saturated rings. The van der Waals surface area contributed by atoms with Crippen LogP contribution in [0.4, 0.5) is 4.39 Å². The second-order valence-corrected chi connectivity index (χ2v) is 5.49. The van der Waals surface area contributed by atoms with E-state index in [1.807, 2.05) is 26.0 Å². The maximum atomic E-state index is 13.5. The standard InChI is InChI=1S/C18H16FNO2/c1-10-6-7-14-15(9-16(21)22)18(20-17(14)11(10)2)12-4-3-5-13(19)8-12/h3-8,20H,9H2,1-2H3,(H,21,22). The van der Waals surface area contributed by atoms with Crippen LogP contribution in [-0.2, 0) is 11.2 Å². The molecular formula is C18H16FNO2. The Kier molecular flexibility index (Phi) is 3.45. The molecule has 3 rings (SSSR count). The van der Waals surface area contributed by atoms with Crippen molar-refractivity contribution in [3.05, 3.63) is 58.9 Å². The minimum Gasteiger partial charge on any atom is -0.481 e. The van der Waals surface area contributed by atoms with Crippen molar-refractivity contribution in [2.45, 2.75) is 20.3 Å². The Morgan fingerprint density at radius 3 is 2.68 bits per heavy atom. The number of carboxylic acid groups (broad SMARTS) is 1. The summed E-state index contributed by atoms with van der Waals surface area (Å²) in [6, 6.07) is 10.1. The lowest BCUT2D eigenvalue weighted by Crippen LogP contribution is -2.01. The smallest absolute Gasteiger partial charge is 0.307 e. The molecule has 0 bridgehead atoms. The van der Waals surface area contributed by atoms with Gasteiger partial charge in [-0.05, 0) is 42.7 Å². The zero-order valence-electron chi connectivity index (χ0n) is 12.4. The van der Waals surface area contributed by atoms with E-state index in [1.54, 1.807) is 12.1 Å². The number of aliphatic carboxylic acids is 1. The molecule has 1 aromatic heterocycles. The molecule has 0 aliphatic carbocycles. The van der Waals surface area contributed by atoms with Crippen molar-refractivity contribution in [2.75, 3.05) is 0 Å². The summed E-state index contributed by atoms with van der Waals surface area (Å²) >= 11 is 0. The molecular weight excluding hydrogens is 281 g/mol. The van der Waals surface area contributed by atoms with Gasteiger partial charge in [-0.1, -0.05) is 24.3 Å². The summed E-state index contributed by atoms with van der Waals surface area (Å²) in [6.07, 6.45) is -0.103. The largest absolute Gasteiger partial charge is 0.481 e. The summed E-state index contributed by atoms with van der Waals surface area (Å²) in [4.78, 5) is 14.5. The van der Waals surface area contributed by atoms with Crippen LogP contribution in [0.5, 0.6) is 0 Å². The molecule has 4 heteroatoms. The predicted octanol–water partition coefficient (Wildman–Crippen LogP) is 4.22. The molecule has 3 nitrogen and oxygen atoms in total. The van der Waals surface area contributed by atoms with Gasteiger partial charge in [0.1, 0.15) is 5.82 Å². The topological polar surface area (TPSA) is 53.1 Å². The Balaban J connectivity index is 2.33. The minimum atomic E-state index is -0.906. The van der Waals surface area contributed by atoms with E-state index in [1.165, 1.54) is 12.1 Å². The number of carbonyl (C=O) groups is 1. The third kappa shape index (κ3) is 2.37. The third-order valence-corrected chi connectivity index (χ3v) is 4.05. The highest BCUT2D eigenvalue weighted by molar-refractivity contribution is 5.95. The van der Waals surface area contributed by atoms with Gasteiger partial charge in [0.15, 0.2) is 0 Å². The quantitative estimate of drug-likeness (QED) is 0.760. The maximum Gasteiger partial charge on any atom is 0.307 e. The van der Waals surface area contributed by atoms with Crippen molar-refractivity contribution in [3.63, 3.8) is 0 Å². The van der Waals surface area contributed by atoms with Gasteiger partial charge in [-0.15, -0.1) is 0 Å². The van der Waals surface area contributed by atoms with Crippen molar-refractivity contribution < 1.29 is 14.3 Å². The van der Waals surface area contributed by atoms with Crippen LogP contribution < -0.4 is 0 Å². The van der Waals surface area contributed by atoms with Gasteiger partial charge < -0.3 is 10.1 Å². The summed E-state index contributed by atoms with van der Waals surface area (Å²) < 4.78 is 13.5. The Morgan fingerprint density at radius 1 is 1.23 bits per heavy atom. The number of carboxylic acids is 1. The van der Waals surface area contributed by atoms with Crippen LogP contribution in [0, 0.1) is 19.7 Å². The maximum absolute atomic E-state index is 13.5. The lowest BCUT2D eigenvalue weighted by molar-refractivity contribution is -0.136. The van der Waals surface area contributed by atoms with Crippen molar-refractivity contribution in [3.8, 4) is 11.3 Å². The van der Waals surface area contributed by atoms with E-state index in [0.717, 1.165) is 22.0 Å². The number of aromatic nitrogens is 1. The van der Waals surface area contributed by atoms with Gasteiger partial charge in [-0.3, -0.25) is 4.79 Å². The highest BCUT2D eigenvalue weighted by Crippen LogP contribution is 2.33. The van der Waals surface area contributed by atoms with Crippen molar-refractivity contribution in [2.24, 2.45) is 0 Å². The van der Waals surface area contributed by atoms with Crippen LogP contribution in [0.1, 0.15) is 16.7 Å². The first-order valence-electron chi connectivity index (χ1n) is 7.06. The monoisotopic (exact) mass is 297 g/mol. The number of nitrogens with one attached hydrogen (secondary N) is 1. The molecule has 0 aliphatic rings. The van der Waals surface area contributed by atoms with Gasteiger partial charge in [0.25, 0.3) is 0 Å².